The highest BCUT2D eigenvalue weighted by Gasteiger charge is 2.43. The van der Waals surface area contributed by atoms with E-state index in [-0.39, 0.29) is 38.2 Å². The van der Waals surface area contributed by atoms with Crippen LogP contribution in [-0.4, -0.2) is 77.8 Å². The molecule has 0 radical (unpaired) electrons. The van der Waals surface area contributed by atoms with E-state index in [0.29, 0.717) is 40.8 Å². The first-order valence-electron chi connectivity index (χ1n) is 19.5. The molecule has 326 valence electrons. The first kappa shape index (κ1) is 50.0. The van der Waals surface area contributed by atoms with Crippen LogP contribution in [0, 0.1) is 20.8 Å². The van der Waals surface area contributed by atoms with Crippen LogP contribution in [-0.2, 0) is 56.4 Å². The van der Waals surface area contributed by atoms with Gasteiger partial charge >= 0.3 is 24.0 Å². The Kier molecular flexibility index (Phi) is 16.6. The van der Waals surface area contributed by atoms with Crippen molar-refractivity contribution in [3.63, 3.8) is 0 Å². The molecule has 0 aliphatic carbocycles. The molecule has 58 heavy (non-hydrogen) atoms. The number of fused-ring (bicyclic) bond motifs is 1. The van der Waals surface area contributed by atoms with E-state index in [1.54, 1.807) is 107 Å². The number of alkyl carbamates (subject to hydrolysis) is 1. The lowest BCUT2D eigenvalue weighted by Gasteiger charge is -2.37. The van der Waals surface area contributed by atoms with Crippen LogP contribution in [0.3, 0.4) is 0 Å². The van der Waals surface area contributed by atoms with E-state index in [1.807, 2.05) is 19.9 Å². The van der Waals surface area contributed by atoms with Crippen molar-refractivity contribution in [2.45, 2.75) is 182 Å². The number of carbonyl (C=O) groups excluding carboxylic acids is 4. The lowest BCUT2D eigenvalue weighted by Crippen LogP contribution is -2.51. The molecule has 2 aromatic carbocycles. The Morgan fingerprint density at radius 2 is 1.36 bits per heavy atom. The minimum atomic E-state index is -4.63. The number of hydrogen-bond donors (Lipinski definition) is 1. The predicted octanol–water partition coefficient (Wildman–Crippen LogP) is 8.20. The Labute approximate surface area is 346 Å². The number of sulfonamides is 1. The maximum atomic E-state index is 15.4. The first-order chi connectivity index (χ1) is 26.0. The standard InChI is InChI=1S/C43H64N2O11S.CH4/c1-27-28(2)36(29(3)31-22-24-43(13,14)54-35(27)31)57(50,51)45(33(38(48)56-42(10,11)12)20-21-34(46)53-40(4,5)6)25-23-32(37(47)55-41(7,8)9)44-39(49)52-26-30-18-16-15-17-19-30;/h15-19,32-33H,20-26H2,1-14H3,(H,44,49);1H4/t32-,33-;/m0./s1. The summed E-state index contributed by atoms with van der Waals surface area (Å²) in [4.78, 5) is 54.1. The van der Waals surface area contributed by atoms with Crippen LogP contribution >= 0.6 is 0 Å². The van der Waals surface area contributed by atoms with Gasteiger partial charge in [-0.05, 0) is 150 Å². The first-order valence-corrected chi connectivity index (χ1v) is 20.9. The SMILES string of the molecule is C.Cc1c(C)c(S(=O)(=O)N(CC[C@H](NC(=O)OCc2ccccc2)C(=O)OC(C)(C)C)[C@@H](CCC(=O)OC(C)(C)C)C(=O)OC(C)(C)C)c(C)c2c1OC(C)(C)CC2. The fourth-order valence-corrected chi connectivity index (χ4v) is 8.63. The maximum absolute atomic E-state index is 15.4. The smallest absolute Gasteiger partial charge is 0.408 e. The van der Waals surface area contributed by atoms with Gasteiger partial charge in [-0.1, -0.05) is 37.8 Å². The van der Waals surface area contributed by atoms with Gasteiger partial charge in [-0.15, -0.1) is 0 Å². The van der Waals surface area contributed by atoms with Gasteiger partial charge in [0, 0.05) is 13.0 Å². The van der Waals surface area contributed by atoms with Gasteiger partial charge in [0.05, 0.1) is 4.90 Å². The average Bonchev–Trinajstić information content (AvgIpc) is 3.04. The van der Waals surface area contributed by atoms with Gasteiger partial charge in [0.2, 0.25) is 10.0 Å². The van der Waals surface area contributed by atoms with Crippen molar-refractivity contribution < 1.29 is 51.3 Å². The summed E-state index contributed by atoms with van der Waals surface area (Å²) >= 11 is 0. The van der Waals surface area contributed by atoms with Crippen molar-refractivity contribution in [1.29, 1.82) is 0 Å². The molecule has 0 aromatic heterocycles. The molecule has 1 aliphatic rings. The second-order valence-corrected chi connectivity index (χ2v) is 20.1. The van der Waals surface area contributed by atoms with Crippen molar-refractivity contribution in [1.82, 2.24) is 9.62 Å². The molecule has 1 N–H and O–H groups in total. The third kappa shape index (κ3) is 14.3. The van der Waals surface area contributed by atoms with Crippen molar-refractivity contribution >= 4 is 34.0 Å². The minimum Gasteiger partial charge on any atom is -0.487 e. The van der Waals surface area contributed by atoms with Gasteiger partial charge in [0.1, 0.15) is 46.8 Å². The fraction of sp³-hybridized carbons (Fsp3) is 0.636. The molecule has 14 heteroatoms. The lowest BCUT2D eigenvalue weighted by molar-refractivity contribution is -0.161. The predicted molar refractivity (Wildman–Crippen MR) is 223 cm³/mol. The highest BCUT2D eigenvalue weighted by molar-refractivity contribution is 7.89. The third-order valence-corrected chi connectivity index (χ3v) is 11.3. The molecule has 3 rings (SSSR count). The van der Waals surface area contributed by atoms with E-state index >= 15 is 8.42 Å². The molecule has 0 unspecified atom stereocenters. The van der Waals surface area contributed by atoms with E-state index in [0.717, 1.165) is 9.87 Å². The number of benzene rings is 2. The maximum Gasteiger partial charge on any atom is 0.408 e. The molecule has 0 spiro atoms. The average molecular weight is 833 g/mol. The summed E-state index contributed by atoms with van der Waals surface area (Å²) in [5.41, 5.74) is -0.302. The summed E-state index contributed by atoms with van der Waals surface area (Å²) in [6.45, 7) is 23.7. The van der Waals surface area contributed by atoms with Gasteiger partial charge < -0.3 is 29.0 Å². The van der Waals surface area contributed by atoms with Crippen molar-refractivity contribution in [3.8, 4) is 5.75 Å². The second kappa shape index (κ2) is 19.3. The van der Waals surface area contributed by atoms with Crippen LogP contribution in [0.15, 0.2) is 35.2 Å². The van der Waals surface area contributed by atoms with Gasteiger partial charge in [0.15, 0.2) is 0 Å². The summed E-state index contributed by atoms with van der Waals surface area (Å²) in [5.74, 6) is -1.74. The van der Waals surface area contributed by atoms with Crippen LogP contribution < -0.4 is 10.1 Å². The number of esters is 3. The molecule has 0 saturated heterocycles. The van der Waals surface area contributed by atoms with Crippen LogP contribution in [0.4, 0.5) is 4.79 Å². The van der Waals surface area contributed by atoms with Gasteiger partial charge in [-0.25, -0.2) is 18.0 Å². The molecule has 0 fully saturated rings. The second-order valence-electron chi connectivity index (χ2n) is 18.2. The van der Waals surface area contributed by atoms with Crippen molar-refractivity contribution in [3.05, 3.63) is 58.1 Å². The van der Waals surface area contributed by atoms with Gasteiger partial charge in [-0.2, -0.15) is 4.31 Å². The number of ether oxygens (including phenoxy) is 5. The van der Waals surface area contributed by atoms with E-state index in [4.69, 9.17) is 23.7 Å². The number of hydrogen-bond acceptors (Lipinski definition) is 11. The molecule has 1 amide bonds. The Balaban J connectivity index is 0.0000116. The largest absolute Gasteiger partial charge is 0.487 e. The summed E-state index contributed by atoms with van der Waals surface area (Å²) in [5, 5.41) is 2.56. The van der Waals surface area contributed by atoms with Gasteiger partial charge in [0.25, 0.3) is 0 Å². The molecular formula is C44H68N2O11S. The molecule has 1 aliphatic heterocycles. The van der Waals surface area contributed by atoms with Crippen LogP contribution in [0.25, 0.3) is 0 Å². The van der Waals surface area contributed by atoms with Crippen LogP contribution in [0.2, 0.25) is 0 Å². The van der Waals surface area contributed by atoms with Crippen LogP contribution in [0.1, 0.15) is 137 Å². The monoisotopic (exact) mass is 832 g/mol. The highest BCUT2D eigenvalue weighted by atomic mass is 32.2. The van der Waals surface area contributed by atoms with E-state index in [9.17, 15) is 19.2 Å². The van der Waals surface area contributed by atoms with Crippen LogP contribution in [0.5, 0.6) is 5.75 Å². The van der Waals surface area contributed by atoms with E-state index in [1.165, 1.54) is 0 Å². The number of amides is 1. The number of carbonyl (C=O) groups is 4. The number of rotatable bonds is 14. The molecule has 0 saturated carbocycles. The molecule has 2 aromatic rings. The fourth-order valence-electron chi connectivity index (χ4n) is 6.48. The Bertz CT molecular complexity index is 1890. The number of nitrogens with one attached hydrogen (secondary N) is 1. The summed E-state index contributed by atoms with van der Waals surface area (Å²) < 4.78 is 60.5. The highest BCUT2D eigenvalue weighted by Crippen LogP contribution is 2.43. The zero-order chi connectivity index (χ0) is 43.3. The minimum absolute atomic E-state index is 0. The Morgan fingerprint density at radius 1 is 0.810 bits per heavy atom. The summed E-state index contributed by atoms with van der Waals surface area (Å²) in [7, 11) is -4.63. The molecular weight excluding hydrogens is 765 g/mol. The zero-order valence-corrected chi connectivity index (χ0v) is 37.2. The van der Waals surface area contributed by atoms with Crippen molar-refractivity contribution in [2.75, 3.05) is 6.54 Å². The van der Waals surface area contributed by atoms with Gasteiger partial charge in [-0.3, -0.25) is 9.59 Å². The zero-order valence-electron chi connectivity index (χ0n) is 36.3. The third-order valence-electron chi connectivity index (χ3n) is 9.14. The van der Waals surface area contributed by atoms with E-state index < -0.39 is 75.1 Å². The van der Waals surface area contributed by atoms with E-state index in [2.05, 4.69) is 5.32 Å². The summed E-state index contributed by atoms with van der Waals surface area (Å²) in [6, 6.07) is 6.00. The Hall–Kier alpha value is -4.17. The summed E-state index contributed by atoms with van der Waals surface area (Å²) in [6.07, 6.45) is -0.686. The lowest BCUT2D eigenvalue weighted by atomic mass is 9.88. The molecule has 0 bridgehead atoms. The topological polar surface area (TPSA) is 164 Å². The van der Waals surface area contributed by atoms with Crippen molar-refractivity contribution in [2.24, 2.45) is 0 Å². The molecule has 2 atom stereocenters. The Morgan fingerprint density at radius 3 is 1.91 bits per heavy atom. The number of nitrogens with zero attached hydrogens (tertiary/aromatic N) is 1. The quantitative estimate of drug-likeness (QED) is 0.144. The normalized spacial score (nSPS) is 15.2. The molecule has 13 nitrogen and oxygen atoms in total. The molecule has 1 heterocycles.